The molecule has 0 spiro atoms. The molecule has 0 saturated heterocycles. The number of imidazole rings is 1. The molecule has 114 valence electrons. The van der Waals surface area contributed by atoms with E-state index in [2.05, 4.69) is 34.1 Å². The zero-order valence-corrected chi connectivity index (χ0v) is 13.1. The maximum atomic E-state index is 6.07. The number of halogens is 1. The minimum absolute atomic E-state index is 0.317. The molecular formula is C14H21ClN6. The lowest BCUT2D eigenvalue weighted by atomic mass is 10.1. The predicted octanol–water partition coefficient (Wildman–Crippen LogP) is 2.61. The van der Waals surface area contributed by atoms with Gasteiger partial charge in [0.15, 0.2) is 11.0 Å². The highest BCUT2D eigenvalue weighted by atomic mass is 35.5. The van der Waals surface area contributed by atoms with Crippen molar-refractivity contribution in [3.8, 4) is 0 Å². The molecule has 2 aromatic heterocycles. The standard InChI is InChI=1S/C14H21ClN6/c1-10(2)8-11-19-13(15)12(16)14(20-11)18-4-3-6-21-7-5-17-9-21/h5,7,9-10H,3-4,6,8,16H2,1-2H3,(H,18,19,20). The fraction of sp³-hybridized carbons (Fsp3) is 0.500. The van der Waals surface area contributed by atoms with E-state index in [-0.39, 0.29) is 0 Å². The Morgan fingerprint density at radius 2 is 2.19 bits per heavy atom. The second-order valence-electron chi connectivity index (χ2n) is 5.37. The number of nitrogens with two attached hydrogens (primary N) is 1. The molecule has 0 radical (unpaired) electrons. The third-order valence-electron chi connectivity index (χ3n) is 2.98. The Kier molecular flexibility index (Phi) is 5.38. The average Bonchev–Trinajstić information content (AvgIpc) is 2.92. The van der Waals surface area contributed by atoms with Crippen LogP contribution in [0.4, 0.5) is 11.5 Å². The van der Waals surface area contributed by atoms with Crippen molar-refractivity contribution in [2.24, 2.45) is 5.92 Å². The van der Waals surface area contributed by atoms with Crippen molar-refractivity contribution in [2.45, 2.75) is 33.2 Å². The average molecular weight is 309 g/mol. The zero-order valence-electron chi connectivity index (χ0n) is 12.4. The van der Waals surface area contributed by atoms with Gasteiger partial charge in [-0.1, -0.05) is 25.4 Å². The predicted molar refractivity (Wildman–Crippen MR) is 85.3 cm³/mol. The van der Waals surface area contributed by atoms with Gasteiger partial charge in [0.25, 0.3) is 0 Å². The smallest absolute Gasteiger partial charge is 0.157 e. The van der Waals surface area contributed by atoms with Crippen molar-refractivity contribution in [3.05, 3.63) is 29.7 Å². The molecule has 3 N–H and O–H groups in total. The van der Waals surface area contributed by atoms with Crippen LogP contribution in [0.15, 0.2) is 18.7 Å². The van der Waals surface area contributed by atoms with Crippen molar-refractivity contribution >= 4 is 23.1 Å². The second-order valence-corrected chi connectivity index (χ2v) is 5.73. The molecule has 0 saturated carbocycles. The van der Waals surface area contributed by atoms with Crippen molar-refractivity contribution in [3.63, 3.8) is 0 Å². The molecule has 21 heavy (non-hydrogen) atoms. The van der Waals surface area contributed by atoms with E-state index in [1.54, 1.807) is 12.5 Å². The van der Waals surface area contributed by atoms with Gasteiger partial charge in [-0.05, 0) is 12.3 Å². The molecular weight excluding hydrogens is 288 g/mol. The minimum atomic E-state index is 0.317. The molecule has 0 unspecified atom stereocenters. The molecule has 0 bridgehead atoms. The number of hydrogen-bond donors (Lipinski definition) is 2. The maximum Gasteiger partial charge on any atom is 0.157 e. The number of anilines is 2. The van der Waals surface area contributed by atoms with Gasteiger partial charge >= 0.3 is 0 Å². The molecule has 7 heteroatoms. The molecule has 0 atom stereocenters. The second kappa shape index (κ2) is 7.26. The molecule has 6 nitrogen and oxygen atoms in total. The van der Waals surface area contributed by atoms with E-state index in [1.165, 1.54) is 0 Å². The fourth-order valence-corrected chi connectivity index (χ4v) is 2.15. The maximum absolute atomic E-state index is 6.07. The summed E-state index contributed by atoms with van der Waals surface area (Å²) >= 11 is 6.07. The SMILES string of the molecule is CC(C)Cc1nc(Cl)c(N)c(NCCCn2ccnc2)n1. The number of hydrogen-bond acceptors (Lipinski definition) is 5. The number of nitrogen functional groups attached to an aromatic ring is 1. The number of nitrogens with one attached hydrogen (secondary N) is 1. The van der Waals surface area contributed by atoms with Crippen molar-refractivity contribution in [1.82, 2.24) is 19.5 Å². The normalized spacial score (nSPS) is 11.0. The Hall–Kier alpha value is -1.82. The van der Waals surface area contributed by atoms with Gasteiger partial charge in [0.1, 0.15) is 11.5 Å². The first-order valence-electron chi connectivity index (χ1n) is 7.07. The lowest BCUT2D eigenvalue weighted by molar-refractivity contribution is 0.620. The van der Waals surface area contributed by atoms with Crippen LogP contribution < -0.4 is 11.1 Å². The van der Waals surface area contributed by atoms with Crippen LogP contribution in [0.25, 0.3) is 0 Å². The summed E-state index contributed by atoms with van der Waals surface area (Å²) < 4.78 is 2.03. The van der Waals surface area contributed by atoms with Gasteiger partial charge in [0, 0.05) is 31.9 Å². The van der Waals surface area contributed by atoms with Crippen LogP contribution in [0.3, 0.4) is 0 Å². The topological polar surface area (TPSA) is 81.6 Å². The van der Waals surface area contributed by atoms with E-state index < -0.39 is 0 Å². The number of nitrogens with zero attached hydrogens (tertiary/aromatic N) is 4. The molecule has 0 amide bonds. The Balaban J connectivity index is 1.93. The molecule has 2 aromatic rings. The highest BCUT2D eigenvalue weighted by Gasteiger charge is 2.11. The van der Waals surface area contributed by atoms with Crippen LogP contribution in [0.2, 0.25) is 5.15 Å². The van der Waals surface area contributed by atoms with Crippen molar-refractivity contribution in [1.29, 1.82) is 0 Å². The Morgan fingerprint density at radius 1 is 1.38 bits per heavy atom. The van der Waals surface area contributed by atoms with E-state index in [0.29, 0.717) is 22.6 Å². The van der Waals surface area contributed by atoms with Gasteiger partial charge in [-0.2, -0.15) is 0 Å². The minimum Gasteiger partial charge on any atom is -0.393 e. The van der Waals surface area contributed by atoms with Crippen LogP contribution in [0.5, 0.6) is 0 Å². The van der Waals surface area contributed by atoms with E-state index in [0.717, 1.165) is 31.8 Å². The summed E-state index contributed by atoms with van der Waals surface area (Å²) in [6.07, 6.45) is 7.24. The summed E-state index contributed by atoms with van der Waals surface area (Å²) in [6.45, 7) is 5.89. The van der Waals surface area contributed by atoms with Crippen LogP contribution in [0.1, 0.15) is 26.1 Å². The first-order valence-corrected chi connectivity index (χ1v) is 7.45. The quantitative estimate of drug-likeness (QED) is 0.607. The number of aryl methyl sites for hydroxylation is 1. The summed E-state index contributed by atoms with van der Waals surface area (Å²) in [6, 6.07) is 0. The Bertz CT molecular complexity index is 567. The molecule has 2 rings (SSSR count). The summed E-state index contributed by atoms with van der Waals surface area (Å²) in [5.74, 6) is 1.82. The summed E-state index contributed by atoms with van der Waals surface area (Å²) in [4.78, 5) is 12.7. The van der Waals surface area contributed by atoms with Gasteiger partial charge in [0.2, 0.25) is 0 Å². The molecule has 0 aromatic carbocycles. The third-order valence-corrected chi connectivity index (χ3v) is 3.27. The summed E-state index contributed by atoms with van der Waals surface area (Å²) in [5, 5.41) is 3.55. The molecule has 0 fully saturated rings. The molecule has 0 aliphatic carbocycles. The zero-order chi connectivity index (χ0) is 15.2. The Labute approximate surface area is 129 Å². The van der Waals surface area contributed by atoms with Gasteiger partial charge in [-0.25, -0.2) is 15.0 Å². The summed E-state index contributed by atoms with van der Waals surface area (Å²) in [7, 11) is 0. The van der Waals surface area contributed by atoms with Crippen LogP contribution in [0, 0.1) is 5.92 Å². The van der Waals surface area contributed by atoms with Gasteiger partial charge < -0.3 is 15.6 Å². The van der Waals surface area contributed by atoms with E-state index in [4.69, 9.17) is 17.3 Å². The molecule has 0 aliphatic rings. The summed E-state index contributed by atoms with van der Waals surface area (Å²) in [5.41, 5.74) is 6.33. The Morgan fingerprint density at radius 3 is 2.86 bits per heavy atom. The van der Waals surface area contributed by atoms with Crippen molar-refractivity contribution in [2.75, 3.05) is 17.6 Å². The monoisotopic (exact) mass is 308 g/mol. The van der Waals surface area contributed by atoms with Crippen LogP contribution >= 0.6 is 11.6 Å². The van der Waals surface area contributed by atoms with E-state index >= 15 is 0 Å². The van der Waals surface area contributed by atoms with Crippen molar-refractivity contribution < 1.29 is 0 Å². The highest BCUT2D eigenvalue weighted by molar-refractivity contribution is 6.32. The van der Waals surface area contributed by atoms with Gasteiger partial charge in [0.05, 0.1) is 6.33 Å². The lowest BCUT2D eigenvalue weighted by Gasteiger charge is -2.12. The first-order chi connectivity index (χ1) is 10.1. The lowest BCUT2D eigenvalue weighted by Crippen LogP contribution is -2.12. The fourth-order valence-electron chi connectivity index (χ4n) is 1.96. The van der Waals surface area contributed by atoms with Gasteiger partial charge in [-0.15, -0.1) is 0 Å². The van der Waals surface area contributed by atoms with Crippen LogP contribution in [-0.4, -0.2) is 26.1 Å². The first kappa shape index (κ1) is 15.6. The number of rotatable bonds is 7. The molecule has 0 aliphatic heterocycles. The third kappa shape index (κ3) is 4.60. The largest absolute Gasteiger partial charge is 0.393 e. The van der Waals surface area contributed by atoms with E-state index in [1.807, 2.05) is 10.8 Å². The van der Waals surface area contributed by atoms with E-state index in [9.17, 15) is 0 Å². The highest BCUT2D eigenvalue weighted by Crippen LogP contribution is 2.24. The van der Waals surface area contributed by atoms with Crippen LogP contribution in [-0.2, 0) is 13.0 Å². The van der Waals surface area contributed by atoms with Gasteiger partial charge in [-0.3, -0.25) is 0 Å². The number of aromatic nitrogens is 4. The molecule has 2 heterocycles.